The maximum Gasteiger partial charge on any atom is 0.0700 e. The Morgan fingerprint density at radius 1 is 1.25 bits per heavy atom. The summed E-state index contributed by atoms with van der Waals surface area (Å²) >= 11 is 11.5. The van der Waals surface area contributed by atoms with Crippen LogP contribution in [0, 0.1) is 11.3 Å². The lowest BCUT2D eigenvalue weighted by atomic mass is 10.0. The molecule has 0 amide bonds. The zero-order chi connectivity index (χ0) is 9.14. The normalized spacial score (nSPS) is 12.2. The van der Waals surface area contributed by atoms with Gasteiger partial charge in [0.15, 0.2) is 0 Å². The first-order valence-electron chi connectivity index (χ1n) is 3.49. The second-order valence-corrected chi connectivity index (χ2v) is 3.43. The molecule has 1 nitrogen and oxygen atoms in total. The summed E-state index contributed by atoms with van der Waals surface area (Å²) in [5.74, 6) is -0.166. The smallest absolute Gasteiger partial charge is 0.0700 e. The SMILES string of the molecule is CC(C#N)c1cc(Cl)cc(Cl)c1. The average Bonchev–Trinajstić information content (AvgIpc) is 2.01. The molecule has 12 heavy (non-hydrogen) atoms. The fourth-order valence-electron chi connectivity index (χ4n) is 0.900. The van der Waals surface area contributed by atoms with E-state index in [0.29, 0.717) is 10.0 Å². The predicted octanol–water partition coefficient (Wildman–Crippen LogP) is 3.62. The molecule has 0 aliphatic rings. The van der Waals surface area contributed by atoms with Crippen LogP contribution in [0.3, 0.4) is 0 Å². The van der Waals surface area contributed by atoms with Gasteiger partial charge in [0.05, 0.1) is 12.0 Å². The molecular formula is C9H7Cl2N. The van der Waals surface area contributed by atoms with Crippen molar-refractivity contribution in [1.29, 1.82) is 5.26 Å². The Morgan fingerprint density at radius 3 is 2.17 bits per heavy atom. The van der Waals surface area contributed by atoms with E-state index in [0.717, 1.165) is 5.56 Å². The van der Waals surface area contributed by atoms with Crippen LogP contribution in [0.1, 0.15) is 18.4 Å². The van der Waals surface area contributed by atoms with Crippen LogP contribution < -0.4 is 0 Å². The van der Waals surface area contributed by atoms with E-state index < -0.39 is 0 Å². The third-order valence-electron chi connectivity index (χ3n) is 1.58. The van der Waals surface area contributed by atoms with Crippen molar-refractivity contribution in [2.45, 2.75) is 12.8 Å². The lowest BCUT2D eigenvalue weighted by molar-refractivity contribution is 0.982. The molecule has 0 aromatic heterocycles. The van der Waals surface area contributed by atoms with Crippen LogP contribution in [-0.2, 0) is 0 Å². The van der Waals surface area contributed by atoms with E-state index in [1.165, 1.54) is 0 Å². The Kier molecular flexibility index (Phi) is 2.97. The molecule has 0 aliphatic carbocycles. The summed E-state index contributed by atoms with van der Waals surface area (Å²) in [7, 11) is 0. The summed E-state index contributed by atoms with van der Waals surface area (Å²) in [5.41, 5.74) is 0.856. The molecule has 0 bridgehead atoms. The highest BCUT2D eigenvalue weighted by molar-refractivity contribution is 6.34. The number of nitrogens with zero attached hydrogens (tertiary/aromatic N) is 1. The summed E-state index contributed by atoms with van der Waals surface area (Å²) in [4.78, 5) is 0. The van der Waals surface area contributed by atoms with E-state index in [1.54, 1.807) is 18.2 Å². The molecular weight excluding hydrogens is 193 g/mol. The first kappa shape index (κ1) is 9.38. The second-order valence-electron chi connectivity index (χ2n) is 2.55. The third-order valence-corrected chi connectivity index (χ3v) is 2.01. The van der Waals surface area contributed by atoms with E-state index in [9.17, 15) is 0 Å². The Hall–Kier alpha value is -0.710. The molecule has 0 radical (unpaired) electrons. The molecule has 1 atom stereocenters. The third kappa shape index (κ3) is 2.14. The summed E-state index contributed by atoms with van der Waals surface area (Å²) in [6, 6.07) is 7.27. The number of hydrogen-bond donors (Lipinski definition) is 0. The highest BCUT2D eigenvalue weighted by Crippen LogP contribution is 2.23. The Morgan fingerprint density at radius 2 is 1.75 bits per heavy atom. The minimum absolute atomic E-state index is 0.166. The molecule has 0 fully saturated rings. The summed E-state index contributed by atoms with van der Waals surface area (Å²) < 4.78 is 0. The van der Waals surface area contributed by atoms with E-state index in [4.69, 9.17) is 28.5 Å². The Balaban J connectivity index is 3.10. The van der Waals surface area contributed by atoms with Gasteiger partial charge in [0.1, 0.15) is 0 Å². The fourth-order valence-corrected chi connectivity index (χ4v) is 1.44. The molecule has 3 heteroatoms. The standard InChI is InChI=1S/C9H7Cl2N/c1-6(5-12)7-2-8(10)4-9(11)3-7/h2-4,6H,1H3. The van der Waals surface area contributed by atoms with Gasteiger partial charge in [-0.05, 0) is 30.7 Å². The van der Waals surface area contributed by atoms with Crippen molar-refractivity contribution in [1.82, 2.24) is 0 Å². The Labute approximate surface area is 81.5 Å². The zero-order valence-electron chi connectivity index (χ0n) is 6.51. The monoisotopic (exact) mass is 199 g/mol. The topological polar surface area (TPSA) is 23.8 Å². The van der Waals surface area contributed by atoms with Gasteiger partial charge in [0, 0.05) is 10.0 Å². The van der Waals surface area contributed by atoms with Crippen molar-refractivity contribution >= 4 is 23.2 Å². The van der Waals surface area contributed by atoms with Crippen LogP contribution in [0.25, 0.3) is 0 Å². The predicted molar refractivity (Wildman–Crippen MR) is 50.5 cm³/mol. The summed E-state index contributed by atoms with van der Waals surface area (Å²) in [6.07, 6.45) is 0. The van der Waals surface area contributed by atoms with Crippen molar-refractivity contribution < 1.29 is 0 Å². The van der Waals surface area contributed by atoms with Crippen molar-refractivity contribution in [3.63, 3.8) is 0 Å². The van der Waals surface area contributed by atoms with Crippen molar-refractivity contribution in [3.8, 4) is 6.07 Å². The van der Waals surface area contributed by atoms with Crippen LogP contribution in [0.5, 0.6) is 0 Å². The molecule has 1 unspecified atom stereocenters. The number of benzene rings is 1. The van der Waals surface area contributed by atoms with Crippen LogP contribution in [0.4, 0.5) is 0 Å². The van der Waals surface area contributed by atoms with Crippen LogP contribution in [0.15, 0.2) is 18.2 Å². The molecule has 0 heterocycles. The quantitative estimate of drug-likeness (QED) is 0.679. The van der Waals surface area contributed by atoms with Gasteiger partial charge < -0.3 is 0 Å². The summed E-state index contributed by atoms with van der Waals surface area (Å²) in [6.45, 7) is 1.81. The number of hydrogen-bond acceptors (Lipinski definition) is 1. The van der Waals surface area contributed by atoms with E-state index >= 15 is 0 Å². The van der Waals surface area contributed by atoms with Crippen LogP contribution in [-0.4, -0.2) is 0 Å². The number of nitriles is 1. The molecule has 0 N–H and O–H groups in total. The zero-order valence-corrected chi connectivity index (χ0v) is 8.02. The minimum atomic E-state index is -0.166. The fraction of sp³-hybridized carbons (Fsp3) is 0.222. The van der Waals surface area contributed by atoms with Crippen molar-refractivity contribution in [3.05, 3.63) is 33.8 Å². The van der Waals surface area contributed by atoms with Gasteiger partial charge >= 0.3 is 0 Å². The highest BCUT2D eigenvalue weighted by atomic mass is 35.5. The van der Waals surface area contributed by atoms with Gasteiger partial charge in [-0.25, -0.2) is 0 Å². The molecule has 0 spiro atoms. The molecule has 1 rings (SSSR count). The van der Waals surface area contributed by atoms with E-state index in [1.807, 2.05) is 6.92 Å². The van der Waals surface area contributed by atoms with Gasteiger partial charge in [-0.3, -0.25) is 0 Å². The van der Waals surface area contributed by atoms with Gasteiger partial charge in [0.25, 0.3) is 0 Å². The van der Waals surface area contributed by atoms with Crippen molar-refractivity contribution in [2.24, 2.45) is 0 Å². The first-order valence-corrected chi connectivity index (χ1v) is 4.24. The Bertz CT molecular complexity index is 308. The molecule has 62 valence electrons. The maximum atomic E-state index is 8.63. The lowest BCUT2D eigenvalue weighted by Gasteiger charge is -2.03. The molecule has 0 saturated carbocycles. The van der Waals surface area contributed by atoms with Gasteiger partial charge in [-0.15, -0.1) is 0 Å². The van der Waals surface area contributed by atoms with E-state index in [2.05, 4.69) is 6.07 Å². The maximum absolute atomic E-state index is 8.63. The molecule has 1 aromatic rings. The lowest BCUT2D eigenvalue weighted by Crippen LogP contribution is -1.88. The van der Waals surface area contributed by atoms with Gasteiger partial charge in [-0.2, -0.15) is 5.26 Å². The number of halogens is 2. The van der Waals surface area contributed by atoms with E-state index in [-0.39, 0.29) is 5.92 Å². The largest absolute Gasteiger partial charge is 0.198 e. The molecule has 0 aliphatic heterocycles. The van der Waals surface area contributed by atoms with Crippen LogP contribution in [0.2, 0.25) is 10.0 Å². The number of rotatable bonds is 1. The van der Waals surface area contributed by atoms with Gasteiger partial charge in [-0.1, -0.05) is 23.2 Å². The van der Waals surface area contributed by atoms with Gasteiger partial charge in [0.2, 0.25) is 0 Å². The first-order chi connectivity index (χ1) is 5.63. The minimum Gasteiger partial charge on any atom is -0.198 e. The van der Waals surface area contributed by atoms with Crippen molar-refractivity contribution in [2.75, 3.05) is 0 Å². The molecule has 0 saturated heterocycles. The highest BCUT2D eigenvalue weighted by Gasteiger charge is 2.05. The second kappa shape index (κ2) is 3.80. The average molecular weight is 200 g/mol. The molecule has 1 aromatic carbocycles. The summed E-state index contributed by atoms with van der Waals surface area (Å²) in [5, 5.41) is 9.77. The van der Waals surface area contributed by atoms with Crippen LogP contribution >= 0.6 is 23.2 Å².